The molecule has 0 aromatic heterocycles. The van der Waals surface area contributed by atoms with E-state index in [1.54, 1.807) is 24.3 Å². The highest BCUT2D eigenvalue weighted by atomic mass is 32.1. The SMILES string of the molecule is CCCC(CC)NC(=O)COc1ccc(C(N)=S)cc1. The number of ether oxygens (including phenoxy) is 1. The van der Waals surface area contributed by atoms with E-state index < -0.39 is 0 Å². The molecule has 110 valence electrons. The van der Waals surface area contributed by atoms with Gasteiger partial charge >= 0.3 is 0 Å². The van der Waals surface area contributed by atoms with Crippen molar-refractivity contribution in [1.29, 1.82) is 0 Å². The average Bonchev–Trinajstić information content (AvgIpc) is 2.45. The second-order valence-electron chi connectivity index (χ2n) is 4.64. The van der Waals surface area contributed by atoms with Gasteiger partial charge in [0.1, 0.15) is 10.7 Å². The first-order valence-electron chi connectivity index (χ1n) is 6.88. The molecular formula is C15H22N2O2S. The van der Waals surface area contributed by atoms with E-state index in [4.69, 9.17) is 22.7 Å². The van der Waals surface area contributed by atoms with E-state index in [1.165, 1.54) is 0 Å². The van der Waals surface area contributed by atoms with Crippen LogP contribution >= 0.6 is 12.2 Å². The van der Waals surface area contributed by atoms with Crippen molar-refractivity contribution >= 4 is 23.1 Å². The predicted molar refractivity (Wildman–Crippen MR) is 85.0 cm³/mol. The molecule has 0 aliphatic heterocycles. The van der Waals surface area contributed by atoms with Crippen molar-refractivity contribution in [3.05, 3.63) is 29.8 Å². The van der Waals surface area contributed by atoms with Crippen LogP contribution < -0.4 is 15.8 Å². The molecule has 0 saturated heterocycles. The number of hydrogen-bond acceptors (Lipinski definition) is 3. The molecule has 0 bridgehead atoms. The fourth-order valence-corrected chi connectivity index (χ4v) is 2.00. The van der Waals surface area contributed by atoms with Crippen LogP contribution in [-0.4, -0.2) is 23.5 Å². The molecule has 20 heavy (non-hydrogen) atoms. The molecule has 3 N–H and O–H groups in total. The van der Waals surface area contributed by atoms with Gasteiger partial charge in [-0.15, -0.1) is 0 Å². The van der Waals surface area contributed by atoms with Crippen LogP contribution in [0.15, 0.2) is 24.3 Å². The highest BCUT2D eigenvalue weighted by Crippen LogP contribution is 2.12. The van der Waals surface area contributed by atoms with E-state index >= 15 is 0 Å². The zero-order valence-electron chi connectivity index (χ0n) is 12.0. The summed E-state index contributed by atoms with van der Waals surface area (Å²) in [7, 11) is 0. The zero-order chi connectivity index (χ0) is 15.0. The Kier molecular flexibility index (Phi) is 7.01. The van der Waals surface area contributed by atoms with Gasteiger partial charge in [-0.2, -0.15) is 0 Å². The number of thiocarbonyl (C=S) groups is 1. The summed E-state index contributed by atoms with van der Waals surface area (Å²) < 4.78 is 5.43. The lowest BCUT2D eigenvalue weighted by atomic mass is 10.1. The number of nitrogens with one attached hydrogen (secondary N) is 1. The number of carbonyl (C=O) groups is 1. The number of rotatable bonds is 8. The third-order valence-electron chi connectivity index (χ3n) is 3.00. The molecule has 0 spiro atoms. The summed E-state index contributed by atoms with van der Waals surface area (Å²) in [6.07, 6.45) is 2.98. The Hall–Kier alpha value is -1.62. The summed E-state index contributed by atoms with van der Waals surface area (Å²) in [6, 6.07) is 7.30. The van der Waals surface area contributed by atoms with Gasteiger partial charge in [0.05, 0.1) is 0 Å². The van der Waals surface area contributed by atoms with Gasteiger partial charge in [-0.1, -0.05) is 32.5 Å². The molecule has 1 unspecified atom stereocenters. The van der Waals surface area contributed by atoms with Crippen LogP contribution in [0.2, 0.25) is 0 Å². The highest BCUT2D eigenvalue weighted by Gasteiger charge is 2.09. The normalized spacial score (nSPS) is 11.7. The minimum absolute atomic E-state index is 0.0205. The maximum atomic E-state index is 11.8. The Labute approximate surface area is 125 Å². The van der Waals surface area contributed by atoms with Crippen LogP contribution in [0.25, 0.3) is 0 Å². The molecule has 1 aromatic carbocycles. The molecule has 0 aliphatic rings. The maximum absolute atomic E-state index is 11.8. The van der Waals surface area contributed by atoms with E-state index in [2.05, 4.69) is 19.2 Å². The first-order valence-corrected chi connectivity index (χ1v) is 7.29. The molecule has 0 aliphatic carbocycles. The van der Waals surface area contributed by atoms with Gasteiger partial charge in [-0.25, -0.2) is 0 Å². The summed E-state index contributed by atoms with van der Waals surface area (Å²) in [5.41, 5.74) is 6.29. The summed E-state index contributed by atoms with van der Waals surface area (Å²) in [5.74, 6) is 0.535. The monoisotopic (exact) mass is 294 g/mol. The van der Waals surface area contributed by atoms with Gasteiger partial charge in [0, 0.05) is 11.6 Å². The van der Waals surface area contributed by atoms with E-state index in [-0.39, 0.29) is 18.6 Å². The minimum atomic E-state index is -0.0938. The molecule has 4 nitrogen and oxygen atoms in total. The van der Waals surface area contributed by atoms with Crippen LogP contribution in [0.3, 0.4) is 0 Å². The lowest BCUT2D eigenvalue weighted by Crippen LogP contribution is -2.37. The number of amides is 1. The minimum Gasteiger partial charge on any atom is -0.484 e. The summed E-state index contributed by atoms with van der Waals surface area (Å²) in [5, 5.41) is 2.96. The number of nitrogens with two attached hydrogens (primary N) is 1. The van der Waals surface area contributed by atoms with Gasteiger partial charge in [0.15, 0.2) is 6.61 Å². The molecule has 1 aromatic rings. The van der Waals surface area contributed by atoms with Crippen molar-refractivity contribution in [2.45, 2.75) is 39.2 Å². The molecule has 1 atom stereocenters. The second-order valence-corrected chi connectivity index (χ2v) is 5.08. The van der Waals surface area contributed by atoms with Gasteiger partial charge in [0.2, 0.25) is 0 Å². The number of benzene rings is 1. The molecule has 5 heteroatoms. The van der Waals surface area contributed by atoms with E-state index in [0.717, 1.165) is 24.8 Å². The summed E-state index contributed by atoms with van der Waals surface area (Å²) >= 11 is 4.87. The van der Waals surface area contributed by atoms with Crippen molar-refractivity contribution < 1.29 is 9.53 Å². The van der Waals surface area contributed by atoms with Crippen LogP contribution in [0.4, 0.5) is 0 Å². The van der Waals surface area contributed by atoms with E-state index in [9.17, 15) is 4.79 Å². The summed E-state index contributed by atoms with van der Waals surface area (Å²) in [4.78, 5) is 12.1. The number of hydrogen-bond donors (Lipinski definition) is 2. The number of carbonyl (C=O) groups excluding carboxylic acids is 1. The first kappa shape index (κ1) is 16.4. The van der Waals surface area contributed by atoms with Crippen LogP contribution in [-0.2, 0) is 4.79 Å². The van der Waals surface area contributed by atoms with Crippen LogP contribution in [0.1, 0.15) is 38.7 Å². The Balaban J connectivity index is 2.42. The zero-order valence-corrected chi connectivity index (χ0v) is 12.8. The lowest BCUT2D eigenvalue weighted by Gasteiger charge is -2.16. The standard InChI is InChI=1S/C15H22N2O2S/c1-3-5-12(4-2)17-14(18)10-19-13-8-6-11(7-9-13)15(16)20/h6-9,12H,3-5,10H2,1-2H3,(H2,16,20)(H,17,18). The molecule has 1 rings (SSSR count). The molecule has 1 amide bonds. The fraction of sp³-hybridized carbons (Fsp3) is 0.467. The highest BCUT2D eigenvalue weighted by molar-refractivity contribution is 7.80. The maximum Gasteiger partial charge on any atom is 0.258 e. The quantitative estimate of drug-likeness (QED) is 0.723. The lowest BCUT2D eigenvalue weighted by molar-refractivity contribution is -0.123. The molecule has 0 fully saturated rings. The molecule has 0 heterocycles. The average molecular weight is 294 g/mol. The summed E-state index contributed by atoms with van der Waals surface area (Å²) in [6.45, 7) is 4.19. The Bertz CT molecular complexity index is 446. The van der Waals surface area contributed by atoms with Gasteiger partial charge < -0.3 is 15.8 Å². The predicted octanol–water partition coefficient (Wildman–Crippen LogP) is 2.39. The van der Waals surface area contributed by atoms with Crippen LogP contribution in [0.5, 0.6) is 5.75 Å². The van der Waals surface area contributed by atoms with E-state index in [1.807, 2.05) is 0 Å². The van der Waals surface area contributed by atoms with Gasteiger partial charge in [-0.05, 0) is 37.1 Å². The topological polar surface area (TPSA) is 64.3 Å². The second kappa shape index (κ2) is 8.53. The third kappa shape index (κ3) is 5.57. The smallest absolute Gasteiger partial charge is 0.258 e. The van der Waals surface area contributed by atoms with Crippen molar-refractivity contribution in [2.24, 2.45) is 5.73 Å². The first-order chi connectivity index (χ1) is 9.56. The largest absolute Gasteiger partial charge is 0.484 e. The molecular weight excluding hydrogens is 272 g/mol. The van der Waals surface area contributed by atoms with Crippen molar-refractivity contribution in [3.63, 3.8) is 0 Å². The Morgan fingerprint density at radius 1 is 1.35 bits per heavy atom. The van der Waals surface area contributed by atoms with Crippen LogP contribution in [0, 0.1) is 0 Å². The molecule has 0 radical (unpaired) electrons. The molecule has 0 saturated carbocycles. The third-order valence-corrected chi connectivity index (χ3v) is 3.24. The van der Waals surface area contributed by atoms with Crippen molar-refractivity contribution in [1.82, 2.24) is 5.32 Å². The Morgan fingerprint density at radius 2 is 2.00 bits per heavy atom. The van der Waals surface area contributed by atoms with Crippen molar-refractivity contribution in [2.75, 3.05) is 6.61 Å². The van der Waals surface area contributed by atoms with Gasteiger partial charge in [-0.3, -0.25) is 4.79 Å². The Morgan fingerprint density at radius 3 is 2.50 bits per heavy atom. The fourth-order valence-electron chi connectivity index (χ4n) is 1.86. The van der Waals surface area contributed by atoms with Gasteiger partial charge in [0.25, 0.3) is 5.91 Å². The van der Waals surface area contributed by atoms with E-state index in [0.29, 0.717) is 10.7 Å². The van der Waals surface area contributed by atoms with Crippen molar-refractivity contribution in [3.8, 4) is 5.75 Å².